The smallest absolute Gasteiger partial charge is 0.180 e. The van der Waals surface area contributed by atoms with E-state index in [2.05, 4.69) is 24.1 Å². The molecular formula is C22H30ClFN2O2. The zero-order chi connectivity index (χ0) is 20.4. The van der Waals surface area contributed by atoms with Crippen LogP contribution in [0.1, 0.15) is 31.4 Å². The summed E-state index contributed by atoms with van der Waals surface area (Å²) in [5.74, 6) is 0.821. The molecule has 0 aliphatic heterocycles. The molecule has 0 unspecified atom stereocenters. The molecule has 0 spiro atoms. The molecule has 0 saturated carbocycles. The van der Waals surface area contributed by atoms with Crippen LogP contribution in [0.2, 0.25) is 5.02 Å². The lowest BCUT2D eigenvalue weighted by Gasteiger charge is -2.18. The largest absolute Gasteiger partial charge is 0.493 e. The molecule has 0 aliphatic carbocycles. The van der Waals surface area contributed by atoms with Crippen molar-refractivity contribution in [2.75, 3.05) is 33.3 Å². The molecule has 2 aromatic carbocycles. The molecule has 0 fully saturated rings. The Hall–Kier alpha value is -1.82. The minimum atomic E-state index is -0.270. The van der Waals surface area contributed by atoms with Crippen LogP contribution in [-0.2, 0) is 13.2 Å². The van der Waals surface area contributed by atoms with Crippen molar-refractivity contribution in [1.29, 1.82) is 0 Å². The van der Waals surface area contributed by atoms with Gasteiger partial charge in [0.15, 0.2) is 11.5 Å². The minimum Gasteiger partial charge on any atom is -0.493 e. The summed E-state index contributed by atoms with van der Waals surface area (Å²) in [6.45, 7) is 9.59. The van der Waals surface area contributed by atoms with E-state index in [0.29, 0.717) is 29.7 Å². The molecule has 4 nitrogen and oxygen atoms in total. The fourth-order valence-electron chi connectivity index (χ4n) is 2.95. The number of ether oxygens (including phenoxy) is 2. The summed E-state index contributed by atoms with van der Waals surface area (Å²) >= 11 is 6.42. The highest BCUT2D eigenvalue weighted by Gasteiger charge is 2.12. The van der Waals surface area contributed by atoms with Gasteiger partial charge in [-0.3, -0.25) is 0 Å². The molecule has 2 rings (SSSR count). The van der Waals surface area contributed by atoms with Gasteiger partial charge in [0.1, 0.15) is 12.4 Å². The third-order valence-corrected chi connectivity index (χ3v) is 4.92. The van der Waals surface area contributed by atoms with E-state index in [1.165, 1.54) is 12.1 Å². The first-order chi connectivity index (χ1) is 13.6. The zero-order valence-corrected chi connectivity index (χ0v) is 17.7. The van der Waals surface area contributed by atoms with E-state index in [1.54, 1.807) is 19.2 Å². The Kier molecular flexibility index (Phi) is 9.55. The van der Waals surface area contributed by atoms with Crippen LogP contribution in [-0.4, -0.2) is 38.2 Å². The first-order valence-corrected chi connectivity index (χ1v) is 10.1. The van der Waals surface area contributed by atoms with E-state index in [9.17, 15) is 4.39 Å². The van der Waals surface area contributed by atoms with E-state index in [4.69, 9.17) is 21.1 Å². The van der Waals surface area contributed by atoms with Crippen LogP contribution in [0, 0.1) is 5.82 Å². The van der Waals surface area contributed by atoms with Crippen LogP contribution in [0.4, 0.5) is 4.39 Å². The van der Waals surface area contributed by atoms with Gasteiger partial charge in [0.25, 0.3) is 0 Å². The van der Waals surface area contributed by atoms with Gasteiger partial charge in [-0.25, -0.2) is 4.39 Å². The summed E-state index contributed by atoms with van der Waals surface area (Å²) in [7, 11) is 1.59. The van der Waals surface area contributed by atoms with Crippen molar-refractivity contribution in [3.8, 4) is 11.5 Å². The standard InChI is InChI=1S/C22H30ClFN2O2/c1-4-26(5-2)12-6-11-25-15-18-13-20(23)22(21(14-18)27-3)28-16-17-7-9-19(24)10-8-17/h7-10,13-14,25H,4-6,11-12,15-16H2,1-3H3. The molecular weight excluding hydrogens is 379 g/mol. The van der Waals surface area contributed by atoms with Crippen LogP contribution in [0.25, 0.3) is 0 Å². The van der Waals surface area contributed by atoms with Crippen molar-refractivity contribution in [2.45, 2.75) is 33.4 Å². The summed E-state index contributed by atoms with van der Waals surface area (Å²) in [4.78, 5) is 2.41. The average Bonchev–Trinajstić information content (AvgIpc) is 2.70. The lowest BCUT2D eigenvalue weighted by atomic mass is 10.2. The van der Waals surface area contributed by atoms with Gasteiger partial charge in [0.2, 0.25) is 0 Å². The Labute approximate surface area is 172 Å². The predicted molar refractivity (Wildman–Crippen MR) is 113 cm³/mol. The predicted octanol–water partition coefficient (Wildman–Crippen LogP) is 4.89. The summed E-state index contributed by atoms with van der Waals surface area (Å²) in [6, 6.07) is 10.0. The average molecular weight is 409 g/mol. The molecule has 0 radical (unpaired) electrons. The van der Waals surface area contributed by atoms with Gasteiger partial charge in [-0.15, -0.1) is 0 Å². The molecule has 0 aliphatic rings. The number of nitrogens with zero attached hydrogens (tertiary/aromatic N) is 1. The summed E-state index contributed by atoms with van der Waals surface area (Å²) < 4.78 is 24.3. The topological polar surface area (TPSA) is 33.7 Å². The molecule has 154 valence electrons. The second-order valence-electron chi connectivity index (χ2n) is 6.58. The van der Waals surface area contributed by atoms with E-state index in [1.807, 2.05) is 12.1 Å². The molecule has 1 N–H and O–H groups in total. The number of hydrogen-bond donors (Lipinski definition) is 1. The minimum absolute atomic E-state index is 0.270. The first-order valence-electron chi connectivity index (χ1n) is 9.74. The highest BCUT2D eigenvalue weighted by Crippen LogP contribution is 2.37. The van der Waals surface area contributed by atoms with Gasteiger partial charge < -0.3 is 19.7 Å². The quantitative estimate of drug-likeness (QED) is 0.507. The van der Waals surface area contributed by atoms with Gasteiger partial charge >= 0.3 is 0 Å². The lowest BCUT2D eigenvalue weighted by Crippen LogP contribution is -2.27. The Bertz CT molecular complexity index is 721. The zero-order valence-electron chi connectivity index (χ0n) is 16.9. The van der Waals surface area contributed by atoms with Crippen molar-refractivity contribution in [2.24, 2.45) is 0 Å². The number of benzene rings is 2. The Morgan fingerprint density at radius 3 is 2.43 bits per heavy atom. The monoisotopic (exact) mass is 408 g/mol. The molecule has 2 aromatic rings. The highest BCUT2D eigenvalue weighted by molar-refractivity contribution is 6.32. The van der Waals surface area contributed by atoms with E-state index >= 15 is 0 Å². The van der Waals surface area contributed by atoms with Crippen molar-refractivity contribution in [3.63, 3.8) is 0 Å². The normalized spacial score (nSPS) is 11.1. The van der Waals surface area contributed by atoms with E-state index in [-0.39, 0.29) is 5.82 Å². The summed E-state index contributed by atoms with van der Waals surface area (Å²) in [5.41, 5.74) is 1.90. The van der Waals surface area contributed by atoms with Crippen LogP contribution in [0.15, 0.2) is 36.4 Å². The molecule has 0 amide bonds. The van der Waals surface area contributed by atoms with Gasteiger partial charge in [0.05, 0.1) is 12.1 Å². The second-order valence-corrected chi connectivity index (χ2v) is 6.99. The maximum absolute atomic E-state index is 13.0. The van der Waals surface area contributed by atoms with Crippen LogP contribution < -0.4 is 14.8 Å². The number of rotatable bonds is 12. The summed E-state index contributed by atoms with van der Waals surface area (Å²) in [6.07, 6.45) is 1.10. The van der Waals surface area contributed by atoms with Crippen molar-refractivity contribution < 1.29 is 13.9 Å². The highest BCUT2D eigenvalue weighted by atomic mass is 35.5. The molecule has 0 heterocycles. The SMILES string of the molecule is CCN(CC)CCCNCc1cc(Cl)c(OCc2ccc(F)cc2)c(OC)c1. The number of nitrogens with one attached hydrogen (secondary N) is 1. The van der Waals surface area contributed by atoms with Gasteiger partial charge in [0, 0.05) is 6.54 Å². The number of methoxy groups -OCH3 is 1. The van der Waals surface area contributed by atoms with Crippen LogP contribution in [0.5, 0.6) is 11.5 Å². The fourth-order valence-corrected chi connectivity index (χ4v) is 3.24. The van der Waals surface area contributed by atoms with Crippen LogP contribution >= 0.6 is 11.6 Å². The maximum atomic E-state index is 13.0. The Balaban J connectivity index is 1.90. The molecule has 0 saturated heterocycles. The Morgan fingerprint density at radius 1 is 1.07 bits per heavy atom. The van der Waals surface area contributed by atoms with Crippen molar-refractivity contribution in [1.82, 2.24) is 10.2 Å². The molecule has 6 heteroatoms. The van der Waals surface area contributed by atoms with Gasteiger partial charge in [-0.05, 0) is 68.0 Å². The van der Waals surface area contributed by atoms with Crippen LogP contribution in [0.3, 0.4) is 0 Å². The first kappa shape index (κ1) is 22.5. The van der Waals surface area contributed by atoms with Crippen molar-refractivity contribution >= 4 is 11.6 Å². The molecule has 0 aromatic heterocycles. The fraction of sp³-hybridized carbons (Fsp3) is 0.455. The molecule has 28 heavy (non-hydrogen) atoms. The van der Waals surface area contributed by atoms with Gasteiger partial charge in [-0.2, -0.15) is 0 Å². The molecule has 0 atom stereocenters. The van der Waals surface area contributed by atoms with Gasteiger partial charge in [-0.1, -0.05) is 37.6 Å². The van der Waals surface area contributed by atoms with Crippen molar-refractivity contribution in [3.05, 3.63) is 58.4 Å². The van der Waals surface area contributed by atoms with E-state index < -0.39 is 0 Å². The maximum Gasteiger partial charge on any atom is 0.180 e. The second kappa shape index (κ2) is 11.9. The number of hydrogen-bond acceptors (Lipinski definition) is 4. The third-order valence-electron chi connectivity index (χ3n) is 4.64. The summed E-state index contributed by atoms with van der Waals surface area (Å²) in [5, 5.41) is 3.95. The van der Waals surface area contributed by atoms with E-state index in [0.717, 1.165) is 43.7 Å². The number of halogens is 2. The molecule has 0 bridgehead atoms. The third kappa shape index (κ3) is 6.97. The lowest BCUT2D eigenvalue weighted by molar-refractivity contribution is 0.284. The Morgan fingerprint density at radius 2 is 1.79 bits per heavy atom.